The summed E-state index contributed by atoms with van der Waals surface area (Å²) in [6.07, 6.45) is 4.40. The Labute approximate surface area is 192 Å². The minimum absolute atomic E-state index is 0.227. The lowest BCUT2D eigenvalue weighted by Crippen LogP contribution is -2.22. The zero-order valence-corrected chi connectivity index (χ0v) is 18.5. The second-order valence-electron chi connectivity index (χ2n) is 8.16. The van der Waals surface area contributed by atoms with Gasteiger partial charge >= 0.3 is 5.97 Å². The van der Waals surface area contributed by atoms with Gasteiger partial charge in [-0.25, -0.2) is 18.6 Å². The summed E-state index contributed by atoms with van der Waals surface area (Å²) in [5, 5.41) is 12.1. The number of halogens is 2. The van der Waals surface area contributed by atoms with Crippen LogP contribution in [0.15, 0.2) is 41.6 Å². The molecule has 0 atom stereocenters. The standard InChI is InChI=1S/C24H19F2N5O3/c1-27-21-12-6-17-20(19(12)15(25)7-16(21)26)22(30(2)3)13(8-28-17)11-4-5-18-29-9-14(24(33)34)23(32)31(18)10-11/h4-5,7-10,27H,6H2,1-3H3,(H,33,34). The van der Waals surface area contributed by atoms with E-state index in [-0.39, 0.29) is 23.3 Å². The van der Waals surface area contributed by atoms with E-state index in [1.165, 1.54) is 6.20 Å². The van der Waals surface area contributed by atoms with Crippen LogP contribution in [0.2, 0.25) is 0 Å². The molecule has 2 N–H and O–H groups in total. The number of carboxylic acids is 1. The molecule has 1 aliphatic rings. The minimum atomic E-state index is -1.37. The third kappa shape index (κ3) is 3.02. The maximum Gasteiger partial charge on any atom is 0.342 e. The van der Waals surface area contributed by atoms with Gasteiger partial charge in [0.1, 0.15) is 22.8 Å². The Morgan fingerprint density at radius 2 is 1.91 bits per heavy atom. The van der Waals surface area contributed by atoms with Crippen LogP contribution in [0.25, 0.3) is 27.9 Å². The van der Waals surface area contributed by atoms with Gasteiger partial charge in [-0.15, -0.1) is 0 Å². The topological polar surface area (TPSA) is 99.8 Å². The van der Waals surface area contributed by atoms with Crippen LogP contribution in [-0.2, 0) is 6.42 Å². The highest BCUT2D eigenvalue weighted by molar-refractivity contribution is 5.96. The van der Waals surface area contributed by atoms with Crippen molar-refractivity contribution < 1.29 is 18.7 Å². The van der Waals surface area contributed by atoms with E-state index in [0.717, 1.165) is 16.7 Å². The summed E-state index contributed by atoms with van der Waals surface area (Å²) in [4.78, 5) is 34.5. The Kier molecular flexibility index (Phi) is 4.82. The molecule has 0 saturated carbocycles. The predicted molar refractivity (Wildman–Crippen MR) is 124 cm³/mol. The van der Waals surface area contributed by atoms with Crippen LogP contribution in [0.1, 0.15) is 21.6 Å². The number of rotatable bonds is 4. The fourth-order valence-electron chi connectivity index (χ4n) is 4.55. The van der Waals surface area contributed by atoms with E-state index in [9.17, 15) is 19.1 Å². The third-order valence-electron chi connectivity index (χ3n) is 6.00. The van der Waals surface area contributed by atoms with Crippen LogP contribution in [0.3, 0.4) is 0 Å². The fraction of sp³-hybridized carbons (Fsp3) is 0.167. The average Bonchev–Trinajstić information content (AvgIpc) is 3.18. The molecule has 3 heterocycles. The van der Waals surface area contributed by atoms with Crippen molar-refractivity contribution in [2.24, 2.45) is 0 Å². The minimum Gasteiger partial charge on any atom is -0.477 e. The maximum absolute atomic E-state index is 15.1. The van der Waals surface area contributed by atoms with Gasteiger partial charge in [-0.05, 0) is 17.7 Å². The van der Waals surface area contributed by atoms with Crippen molar-refractivity contribution >= 4 is 23.0 Å². The van der Waals surface area contributed by atoms with E-state index in [1.54, 1.807) is 39.5 Å². The molecule has 0 saturated heterocycles. The summed E-state index contributed by atoms with van der Waals surface area (Å²) in [7, 11) is 5.18. The van der Waals surface area contributed by atoms with Crippen LogP contribution in [0.4, 0.5) is 20.2 Å². The molecule has 10 heteroatoms. The second-order valence-corrected chi connectivity index (χ2v) is 8.16. The van der Waals surface area contributed by atoms with Crippen molar-refractivity contribution in [1.29, 1.82) is 0 Å². The number of anilines is 2. The molecule has 0 amide bonds. The SMILES string of the molecule is CNc1c(F)cc(F)c2c1Cc1ncc(-c3ccc4ncc(C(=O)O)c(=O)n4c3)c(N(C)C)c1-2. The summed E-state index contributed by atoms with van der Waals surface area (Å²) in [6.45, 7) is 0. The predicted octanol–water partition coefficient (Wildman–Crippen LogP) is 3.41. The molecule has 0 fully saturated rings. The number of hydrogen-bond acceptors (Lipinski definition) is 6. The normalized spacial score (nSPS) is 11.9. The van der Waals surface area contributed by atoms with E-state index in [4.69, 9.17) is 0 Å². The molecule has 172 valence electrons. The molecule has 1 aromatic carbocycles. The summed E-state index contributed by atoms with van der Waals surface area (Å²) >= 11 is 0. The smallest absolute Gasteiger partial charge is 0.342 e. The quantitative estimate of drug-likeness (QED) is 0.421. The zero-order chi connectivity index (χ0) is 24.3. The molecule has 34 heavy (non-hydrogen) atoms. The van der Waals surface area contributed by atoms with Crippen molar-refractivity contribution in [2.75, 3.05) is 31.4 Å². The molecule has 0 radical (unpaired) electrons. The first-order chi connectivity index (χ1) is 16.2. The van der Waals surface area contributed by atoms with E-state index < -0.39 is 28.7 Å². The molecule has 8 nitrogen and oxygen atoms in total. The molecule has 1 aliphatic carbocycles. The van der Waals surface area contributed by atoms with Crippen LogP contribution >= 0.6 is 0 Å². The largest absolute Gasteiger partial charge is 0.477 e. The Balaban J connectivity index is 1.80. The van der Waals surface area contributed by atoms with Crippen molar-refractivity contribution in [1.82, 2.24) is 14.4 Å². The number of fused-ring (bicyclic) bond motifs is 4. The monoisotopic (exact) mass is 463 g/mol. The number of benzene rings is 1. The van der Waals surface area contributed by atoms with E-state index in [2.05, 4.69) is 15.3 Å². The van der Waals surface area contributed by atoms with Gasteiger partial charge in [0.2, 0.25) is 0 Å². The zero-order valence-electron chi connectivity index (χ0n) is 18.5. The average molecular weight is 463 g/mol. The van der Waals surface area contributed by atoms with Gasteiger partial charge in [0.25, 0.3) is 5.56 Å². The molecular weight excluding hydrogens is 444 g/mol. The van der Waals surface area contributed by atoms with Gasteiger partial charge < -0.3 is 15.3 Å². The number of aromatic carboxylic acids is 1. The second kappa shape index (κ2) is 7.62. The molecule has 0 spiro atoms. The van der Waals surface area contributed by atoms with Crippen molar-refractivity contribution in [2.45, 2.75) is 6.42 Å². The van der Waals surface area contributed by atoms with Crippen LogP contribution < -0.4 is 15.8 Å². The Hall–Kier alpha value is -4.34. The van der Waals surface area contributed by atoms with Gasteiger partial charge in [-0.2, -0.15) is 0 Å². The Morgan fingerprint density at radius 1 is 1.15 bits per heavy atom. The van der Waals surface area contributed by atoms with Crippen molar-refractivity contribution in [3.05, 3.63) is 75.6 Å². The number of nitrogens with zero attached hydrogens (tertiary/aromatic N) is 4. The van der Waals surface area contributed by atoms with Crippen molar-refractivity contribution in [3.8, 4) is 22.3 Å². The van der Waals surface area contributed by atoms with Gasteiger partial charge in [0, 0.05) is 74.5 Å². The molecule has 3 aromatic heterocycles. The summed E-state index contributed by atoms with van der Waals surface area (Å²) in [6, 6.07) is 4.19. The molecular formula is C24H19F2N5O3. The number of carboxylic acid groups (broad SMARTS) is 1. The Bertz CT molecular complexity index is 1580. The molecule has 4 aromatic rings. The first-order valence-corrected chi connectivity index (χ1v) is 10.4. The molecule has 0 bridgehead atoms. The highest BCUT2D eigenvalue weighted by Crippen LogP contribution is 2.49. The van der Waals surface area contributed by atoms with Crippen LogP contribution in [-0.4, -0.2) is 46.6 Å². The first-order valence-electron chi connectivity index (χ1n) is 10.4. The first kappa shape index (κ1) is 21.5. The van der Waals surface area contributed by atoms with E-state index in [1.807, 2.05) is 4.90 Å². The fourth-order valence-corrected chi connectivity index (χ4v) is 4.55. The maximum atomic E-state index is 15.1. The molecule has 5 rings (SSSR count). The Morgan fingerprint density at radius 3 is 2.59 bits per heavy atom. The van der Waals surface area contributed by atoms with Crippen LogP contribution in [0.5, 0.6) is 0 Å². The number of pyridine rings is 2. The van der Waals surface area contributed by atoms with Gasteiger partial charge in [-0.1, -0.05) is 0 Å². The lowest BCUT2D eigenvalue weighted by atomic mass is 9.98. The molecule has 0 aliphatic heterocycles. The van der Waals surface area contributed by atoms with Crippen LogP contribution in [0, 0.1) is 11.6 Å². The highest BCUT2D eigenvalue weighted by atomic mass is 19.1. The van der Waals surface area contributed by atoms with Gasteiger partial charge in [0.15, 0.2) is 0 Å². The highest BCUT2D eigenvalue weighted by Gasteiger charge is 2.32. The lowest BCUT2D eigenvalue weighted by Gasteiger charge is -2.22. The summed E-state index contributed by atoms with van der Waals surface area (Å²) in [5.74, 6) is -2.73. The third-order valence-corrected chi connectivity index (χ3v) is 6.00. The van der Waals surface area contributed by atoms with E-state index >= 15 is 4.39 Å². The number of aromatic nitrogens is 3. The van der Waals surface area contributed by atoms with E-state index in [0.29, 0.717) is 33.6 Å². The summed E-state index contributed by atoms with van der Waals surface area (Å²) < 4.78 is 30.6. The summed E-state index contributed by atoms with van der Waals surface area (Å²) in [5.41, 5.74) is 3.08. The van der Waals surface area contributed by atoms with Gasteiger partial charge in [0.05, 0.1) is 17.1 Å². The number of carbonyl (C=O) groups is 1. The number of hydrogen-bond donors (Lipinski definition) is 2. The molecule has 0 unspecified atom stereocenters. The number of nitrogens with one attached hydrogen (secondary N) is 1. The lowest BCUT2D eigenvalue weighted by molar-refractivity contribution is 0.0694. The van der Waals surface area contributed by atoms with Crippen molar-refractivity contribution in [3.63, 3.8) is 0 Å². The van der Waals surface area contributed by atoms with Gasteiger partial charge in [-0.3, -0.25) is 14.2 Å².